The van der Waals surface area contributed by atoms with Crippen LogP contribution in [0.5, 0.6) is 11.5 Å². The number of thiol groups is 2. The minimum absolute atomic E-state index is 0.176. The summed E-state index contributed by atoms with van der Waals surface area (Å²) >= 11 is 8.54. The van der Waals surface area contributed by atoms with Crippen LogP contribution in [0.1, 0.15) is 11.1 Å². The van der Waals surface area contributed by atoms with Crippen LogP contribution in [0.15, 0.2) is 48.5 Å². The fourth-order valence-electron chi connectivity index (χ4n) is 1.71. The predicted molar refractivity (Wildman–Crippen MR) is 86.7 cm³/mol. The van der Waals surface area contributed by atoms with Gasteiger partial charge in [0, 0.05) is 22.6 Å². The highest BCUT2D eigenvalue weighted by molar-refractivity contribution is 7.79. The van der Waals surface area contributed by atoms with E-state index in [4.69, 9.17) is 9.31 Å². The lowest BCUT2D eigenvalue weighted by Crippen LogP contribution is -2.12. The molecule has 0 fully saturated rings. The van der Waals surface area contributed by atoms with Gasteiger partial charge in [-0.2, -0.15) is 25.3 Å². The molecular formula is C14H15BO2S2. The molecule has 0 saturated carbocycles. The Hall–Kier alpha value is -1.20. The number of rotatable bonds is 6. The molecule has 0 aromatic heterocycles. The van der Waals surface area contributed by atoms with Crippen LogP contribution in [0, 0.1) is 0 Å². The minimum Gasteiger partial charge on any atom is -0.528 e. The number of hydrogen-bond acceptors (Lipinski definition) is 4. The molecule has 0 atom stereocenters. The molecule has 0 heterocycles. The number of para-hydroxylation sites is 2. The van der Waals surface area contributed by atoms with E-state index in [-0.39, 0.29) is 7.69 Å². The van der Waals surface area contributed by atoms with E-state index in [1.165, 1.54) is 0 Å². The van der Waals surface area contributed by atoms with E-state index in [1.54, 1.807) is 0 Å². The molecule has 0 aliphatic carbocycles. The molecule has 0 spiro atoms. The van der Waals surface area contributed by atoms with E-state index in [9.17, 15) is 0 Å². The van der Waals surface area contributed by atoms with Crippen LogP contribution in [0.25, 0.3) is 0 Å². The maximum Gasteiger partial charge on any atom is 0.576 e. The van der Waals surface area contributed by atoms with E-state index in [1.807, 2.05) is 48.5 Å². The van der Waals surface area contributed by atoms with Crippen molar-refractivity contribution < 1.29 is 9.31 Å². The van der Waals surface area contributed by atoms with Crippen molar-refractivity contribution in [2.24, 2.45) is 0 Å². The fourth-order valence-corrected chi connectivity index (χ4v) is 2.23. The Morgan fingerprint density at radius 1 is 0.737 bits per heavy atom. The average molecular weight is 290 g/mol. The van der Waals surface area contributed by atoms with Crippen LogP contribution in [-0.4, -0.2) is 7.69 Å². The van der Waals surface area contributed by atoms with Gasteiger partial charge >= 0.3 is 7.69 Å². The van der Waals surface area contributed by atoms with Crippen LogP contribution < -0.4 is 9.31 Å². The molecule has 98 valence electrons. The smallest absolute Gasteiger partial charge is 0.528 e. The summed E-state index contributed by atoms with van der Waals surface area (Å²) in [5.74, 6) is 2.90. The lowest BCUT2D eigenvalue weighted by Gasteiger charge is -2.12. The summed E-state index contributed by atoms with van der Waals surface area (Å²) in [7, 11) is 0.176. The average Bonchev–Trinajstić information content (AvgIpc) is 2.48. The van der Waals surface area contributed by atoms with Gasteiger partial charge in [-0.3, -0.25) is 0 Å². The minimum atomic E-state index is 0.176. The third kappa shape index (κ3) is 3.88. The summed E-state index contributed by atoms with van der Waals surface area (Å²) in [6.45, 7) is 0. The first-order chi connectivity index (χ1) is 9.35. The second-order valence-corrected chi connectivity index (χ2v) is 4.57. The van der Waals surface area contributed by atoms with Crippen molar-refractivity contribution in [2.75, 3.05) is 0 Å². The first-order valence-corrected chi connectivity index (χ1v) is 7.24. The Labute approximate surface area is 125 Å². The van der Waals surface area contributed by atoms with E-state index < -0.39 is 0 Å². The predicted octanol–water partition coefficient (Wildman–Crippen LogP) is 3.27. The van der Waals surface area contributed by atoms with Crippen molar-refractivity contribution >= 4 is 32.9 Å². The normalized spacial score (nSPS) is 10.0. The molecule has 0 radical (unpaired) electrons. The zero-order chi connectivity index (χ0) is 13.5. The maximum atomic E-state index is 5.64. The zero-order valence-electron chi connectivity index (χ0n) is 10.5. The lowest BCUT2D eigenvalue weighted by atomic mass is 10.2. The van der Waals surface area contributed by atoms with Gasteiger partial charge < -0.3 is 9.31 Å². The molecule has 0 unspecified atom stereocenters. The van der Waals surface area contributed by atoms with Crippen molar-refractivity contribution in [2.45, 2.75) is 11.5 Å². The Kier molecular flexibility index (Phi) is 5.54. The fraction of sp³-hybridized carbons (Fsp3) is 0.143. The molecule has 2 rings (SSSR count). The van der Waals surface area contributed by atoms with Crippen molar-refractivity contribution in [3.05, 3.63) is 59.7 Å². The molecule has 2 aromatic rings. The molecule has 2 nitrogen and oxygen atoms in total. The largest absolute Gasteiger partial charge is 0.576 e. The van der Waals surface area contributed by atoms with Gasteiger partial charge in [0.25, 0.3) is 0 Å². The van der Waals surface area contributed by atoms with Crippen LogP contribution in [0.3, 0.4) is 0 Å². The second-order valence-electron chi connectivity index (χ2n) is 3.94. The molecule has 0 saturated heterocycles. The van der Waals surface area contributed by atoms with Crippen molar-refractivity contribution in [3.8, 4) is 11.5 Å². The first kappa shape index (κ1) is 14.2. The van der Waals surface area contributed by atoms with E-state index in [0.29, 0.717) is 11.5 Å². The highest BCUT2D eigenvalue weighted by atomic mass is 32.1. The van der Waals surface area contributed by atoms with Crippen molar-refractivity contribution in [1.29, 1.82) is 0 Å². The Morgan fingerprint density at radius 2 is 1.16 bits per heavy atom. The topological polar surface area (TPSA) is 18.5 Å². The van der Waals surface area contributed by atoms with Gasteiger partial charge in [0.15, 0.2) is 0 Å². The summed E-state index contributed by atoms with van der Waals surface area (Å²) in [5, 5.41) is 0. The van der Waals surface area contributed by atoms with Crippen molar-refractivity contribution in [1.82, 2.24) is 0 Å². The summed E-state index contributed by atoms with van der Waals surface area (Å²) in [6, 6.07) is 15.6. The first-order valence-electron chi connectivity index (χ1n) is 5.98. The SMILES string of the molecule is SCc1ccccc1OBOc1ccccc1CS. The Bertz CT molecular complexity index is 487. The monoisotopic (exact) mass is 290 g/mol. The Balaban J connectivity index is 1.96. The summed E-state index contributed by atoms with van der Waals surface area (Å²) < 4.78 is 11.3. The van der Waals surface area contributed by atoms with Gasteiger partial charge in [0.1, 0.15) is 11.5 Å². The molecule has 0 aliphatic rings. The van der Waals surface area contributed by atoms with E-state index in [2.05, 4.69) is 25.3 Å². The zero-order valence-corrected chi connectivity index (χ0v) is 12.2. The highest BCUT2D eigenvalue weighted by Gasteiger charge is 2.05. The molecule has 0 N–H and O–H groups in total. The van der Waals surface area contributed by atoms with Gasteiger partial charge in [-0.05, 0) is 12.1 Å². The summed E-state index contributed by atoms with van der Waals surface area (Å²) in [4.78, 5) is 0. The van der Waals surface area contributed by atoms with Crippen molar-refractivity contribution in [3.63, 3.8) is 0 Å². The number of hydrogen-bond donors (Lipinski definition) is 2. The molecule has 0 aliphatic heterocycles. The number of benzene rings is 2. The maximum absolute atomic E-state index is 5.64. The Morgan fingerprint density at radius 3 is 1.58 bits per heavy atom. The molecule has 0 bridgehead atoms. The third-order valence-electron chi connectivity index (χ3n) is 2.71. The quantitative estimate of drug-likeness (QED) is 0.628. The second kappa shape index (κ2) is 7.41. The molecular weight excluding hydrogens is 275 g/mol. The van der Waals surface area contributed by atoms with Crippen LogP contribution in [0.4, 0.5) is 0 Å². The van der Waals surface area contributed by atoms with Gasteiger partial charge in [-0.1, -0.05) is 36.4 Å². The molecule has 0 amide bonds. The van der Waals surface area contributed by atoms with Crippen LogP contribution in [0.2, 0.25) is 0 Å². The van der Waals surface area contributed by atoms with E-state index in [0.717, 1.165) is 22.6 Å². The van der Waals surface area contributed by atoms with E-state index >= 15 is 0 Å². The lowest BCUT2D eigenvalue weighted by molar-refractivity contribution is 0.455. The molecule has 2 aromatic carbocycles. The highest BCUT2D eigenvalue weighted by Crippen LogP contribution is 2.21. The van der Waals surface area contributed by atoms with Gasteiger partial charge in [0.2, 0.25) is 0 Å². The van der Waals surface area contributed by atoms with Gasteiger partial charge in [0.05, 0.1) is 0 Å². The summed E-state index contributed by atoms with van der Waals surface area (Å²) in [6.07, 6.45) is 0. The van der Waals surface area contributed by atoms with Gasteiger partial charge in [-0.15, -0.1) is 0 Å². The molecule has 19 heavy (non-hydrogen) atoms. The standard InChI is InChI=1S/C14H15BO2S2/c18-9-11-5-1-3-7-13(11)16-15-17-14-8-4-2-6-12(14)10-19/h1-8,15,18-19H,9-10H2. The summed E-state index contributed by atoms with van der Waals surface area (Å²) in [5.41, 5.74) is 2.11. The molecule has 5 heteroatoms. The van der Waals surface area contributed by atoms with Gasteiger partial charge in [-0.25, -0.2) is 0 Å². The third-order valence-corrected chi connectivity index (χ3v) is 3.40. The van der Waals surface area contributed by atoms with Crippen LogP contribution in [-0.2, 0) is 11.5 Å². The van der Waals surface area contributed by atoms with Crippen LogP contribution >= 0.6 is 25.3 Å².